The van der Waals surface area contributed by atoms with Crippen molar-refractivity contribution in [3.8, 4) is 16.9 Å². The van der Waals surface area contributed by atoms with Crippen LogP contribution >= 0.6 is 0 Å². The summed E-state index contributed by atoms with van der Waals surface area (Å²) in [4.78, 5) is 11.0. The number of rotatable bonds is 7. The minimum Gasteiger partial charge on any atom is -0.488 e. The van der Waals surface area contributed by atoms with Crippen LogP contribution < -0.4 is 4.74 Å². The highest BCUT2D eigenvalue weighted by atomic mass is 16.5. The van der Waals surface area contributed by atoms with Gasteiger partial charge in [0, 0.05) is 11.1 Å². The molecule has 3 aromatic rings. The van der Waals surface area contributed by atoms with Crippen LogP contribution in [0.1, 0.15) is 34.0 Å². The second-order valence-corrected chi connectivity index (χ2v) is 6.25. The number of benzene rings is 3. The van der Waals surface area contributed by atoms with Crippen LogP contribution in [0.3, 0.4) is 0 Å². The smallest absolute Gasteiger partial charge is 0.335 e. The number of hydrogen-bond donors (Lipinski definition) is 2. The molecule has 2 N–H and O–H groups in total. The molecule has 4 heteroatoms. The Kier molecular flexibility index (Phi) is 5.89. The maximum absolute atomic E-state index is 11.0. The lowest BCUT2D eigenvalue weighted by Gasteiger charge is -2.17. The van der Waals surface area contributed by atoms with E-state index in [-0.39, 0.29) is 18.8 Å². The van der Waals surface area contributed by atoms with Gasteiger partial charge >= 0.3 is 5.97 Å². The van der Waals surface area contributed by atoms with E-state index in [1.165, 1.54) is 5.56 Å². The zero-order valence-corrected chi connectivity index (χ0v) is 15.2. The number of aliphatic hydroxyl groups excluding tert-OH is 1. The van der Waals surface area contributed by atoms with Crippen LogP contribution in [-0.4, -0.2) is 16.2 Å². The number of aryl methyl sites for hydroxylation is 1. The first kappa shape index (κ1) is 18.7. The Bertz CT molecular complexity index is 929. The van der Waals surface area contributed by atoms with Gasteiger partial charge < -0.3 is 14.9 Å². The van der Waals surface area contributed by atoms with E-state index in [0.29, 0.717) is 5.75 Å². The van der Waals surface area contributed by atoms with E-state index in [9.17, 15) is 9.90 Å². The van der Waals surface area contributed by atoms with Crippen LogP contribution in [0.5, 0.6) is 5.75 Å². The van der Waals surface area contributed by atoms with Gasteiger partial charge in [-0.25, -0.2) is 4.79 Å². The molecular formula is C23H22O4. The fourth-order valence-corrected chi connectivity index (χ4v) is 3.08. The molecule has 0 radical (unpaired) electrons. The van der Waals surface area contributed by atoms with E-state index in [1.807, 2.05) is 30.3 Å². The van der Waals surface area contributed by atoms with E-state index < -0.39 is 5.97 Å². The van der Waals surface area contributed by atoms with Crippen molar-refractivity contribution in [3.63, 3.8) is 0 Å². The van der Waals surface area contributed by atoms with E-state index in [2.05, 4.69) is 19.1 Å². The molecule has 0 amide bonds. The molecule has 0 fully saturated rings. The van der Waals surface area contributed by atoms with E-state index in [1.54, 1.807) is 24.3 Å². The number of aliphatic hydroxyl groups is 1. The van der Waals surface area contributed by atoms with Gasteiger partial charge in [-0.15, -0.1) is 0 Å². The number of ether oxygens (including phenoxy) is 1. The summed E-state index contributed by atoms with van der Waals surface area (Å²) < 4.78 is 6.09. The first-order valence-electron chi connectivity index (χ1n) is 8.90. The molecule has 0 bridgehead atoms. The van der Waals surface area contributed by atoms with E-state index >= 15 is 0 Å². The second-order valence-electron chi connectivity index (χ2n) is 6.25. The van der Waals surface area contributed by atoms with Crippen LogP contribution in [-0.2, 0) is 19.6 Å². The number of aromatic carboxylic acids is 1. The number of carboxylic acid groups (broad SMARTS) is 1. The molecule has 0 spiro atoms. The molecule has 0 unspecified atom stereocenters. The van der Waals surface area contributed by atoms with E-state index in [0.717, 1.165) is 28.7 Å². The van der Waals surface area contributed by atoms with Crippen LogP contribution in [0.25, 0.3) is 11.1 Å². The Hall–Kier alpha value is -3.11. The predicted molar refractivity (Wildman–Crippen MR) is 105 cm³/mol. The summed E-state index contributed by atoms with van der Waals surface area (Å²) in [6.07, 6.45) is 0.898. The molecule has 0 saturated carbocycles. The first-order valence-corrected chi connectivity index (χ1v) is 8.90. The van der Waals surface area contributed by atoms with Crippen molar-refractivity contribution in [2.24, 2.45) is 0 Å². The molecular weight excluding hydrogens is 340 g/mol. The van der Waals surface area contributed by atoms with Crippen molar-refractivity contribution in [3.05, 3.63) is 89.0 Å². The molecule has 0 saturated heterocycles. The molecule has 27 heavy (non-hydrogen) atoms. The Morgan fingerprint density at radius 2 is 1.56 bits per heavy atom. The summed E-state index contributed by atoms with van der Waals surface area (Å²) in [5.74, 6) is -0.297. The highest BCUT2D eigenvalue weighted by Gasteiger charge is 2.14. The standard InChI is InChI=1S/C23H22O4/c1-2-17-6-3-4-8-20(17)21-9-5-7-19(14-24)22(21)27-15-16-10-12-18(13-11-16)23(25)26/h3-13,24H,2,14-15H2,1H3,(H,25,26). The maximum atomic E-state index is 11.0. The summed E-state index contributed by atoms with van der Waals surface area (Å²) in [5.41, 5.74) is 5.08. The molecule has 0 heterocycles. The predicted octanol–water partition coefficient (Wildman–Crippen LogP) is 4.69. The summed E-state index contributed by atoms with van der Waals surface area (Å²) in [6, 6.07) is 20.5. The lowest BCUT2D eigenvalue weighted by molar-refractivity contribution is 0.0697. The highest BCUT2D eigenvalue weighted by molar-refractivity contribution is 5.87. The van der Waals surface area contributed by atoms with Gasteiger partial charge in [0.05, 0.1) is 12.2 Å². The van der Waals surface area contributed by atoms with Crippen molar-refractivity contribution >= 4 is 5.97 Å². The molecule has 0 aromatic heterocycles. The third-order valence-corrected chi connectivity index (χ3v) is 4.54. The third-order valence-electron chi connectivity index (χ3n) is 4.54. The van der Waals surface area contributed by atoms with Crippen LogP contribution in [0.4, 0.5) is 0 Å². The molecule has 0 aliphatic rings. The summed E-state index contributed by atoms with van der Waals surface area (Å²) >= 11 is 0. The van der Waals surface area contributed by atoms with Crippen molar-refractivity contribution < 1.29 is 19.7 Å². The number of para-hydroxylation sites is 1. The molecule has 0 aliphatic carbocycles. The Morgan fingerprint density at radius 1 is 0.889 bits per heavy atom. The van der Waals surface area contributed by atoms with Gasteiger partial charge in [0.2, 0.25) is 0 Å². The fraction of sp³-hybridized carbons (Fsp3) is 0.174. The molecule has 138 valence electrons. The highest BCUT2D eigenvalue weighted by Crippen LogP contribution is 2.36. The largest absolute Gasteiger partial charge is 0.488 e. The normalized spacial score (nSPS) is 10.6. The number of hydrogen-bond acceptors (Lipinski definition) is 3. The Morgan fingerprint density at radius 3 is 2.22 bits per heavy atom. The zero-order chi connectivity index (χ0) is 19.2. The SMILES string of the molecule is CCc1ccccc1-c1cccc(CO)c1OCc1ccc(C(=O)O)cc1. The average molecular weight is 362 g/mol. The second kappa shape index (κ2) is 8.52. The van der Waals surface area contributed by atoms with E-state index in [4.69, 9.17) is 9.84 Å². The molecule has 0 atom stereocenters. The first-order chi connectivity index (χ1) is 13.1. The minimum absolute atomic E-state index is 0.116. The molecule has 4 nitrogen and oxygen atoms in total. The van der Waals surface area contributed by atoms with Crippen LogP contribution in [0, 0.1) is 0 Å². The Balaban J connectivity index is 1.93. The number of carbonyl (C=O) groups is 1. The number of carboxylic acids is 1. The van der Waals surface area contributed by atoms with Gasteiger partial charge in [-0.3, -0.25) is 0 Å². The average Bonchev–Trinajstić information content (AvgIpc) is 2.72. The minimum atomic E-state index is -0.952. The quantitative estimate of drug-likeness (QED) is 0.640. The fourth-order valence-electron chi connectivity index (χ4n) is 3.08. The third kappa shape index (κ3) is 4.18. The van der Waals surface area contributed by atoms with Crippen LogP contribution in [0.15, 0.2) is 66.7 Å². The lowest BCUT2D eigenvalue weighted by Crippen LogP contribution is -2.02. The van der Waals surface area contributed by atoms with Crippen molar-refractivity contribution in [2.45, 2.75) is 26.6 Å². The molecule has 3 aromatic carbocycles. The maximum Gasteiger partial charge on any atom is 0.335 e. The van der Waals surface area contributed by atoms with Gasteiger partial charge in [0.25, 0.3) is 0 Å². The molecule has 3 rings (SSSR count). The summed E-state index contributed by atoms with van der Waals surface area (Å²) in [6.45, 7) is 2.28. The van der Waals surface area contributed by atoms with Gasteiger partial charge in [-0.1, -0.05) is 61.5 Å². The monoisotopic (exact) mass is 362 g/mol. The zero-order valence-electron chi connectivity index (χ0n) is 15.2. The molecule has 0 aliphatic heterocycles. The van der Waals surface area contributed by atoms with Crippen molar-refractivity contribution in [1.29, 1.82) is 0 Å². The van der Waals surface area contributed by atoms with Crippen molar-refractivity contribution in [2.75, 3.05) is 0 Å². The Labute approximate surface area is 158 Å². The summed E-state index contributed by atoms with van der Waals surface area (Å²) in [5, 5.41) is 18.8. The van der Waals surface area contributed by atoms with Gasteiger partial charge in [-0.2, -0.15) is 0 Å². The summed E-state index contributed by atoms with van der Waals surface area (Å²) in [7, 11) is 0. The van der Waals surface area contributed by atoms with Gasteiger partial charge in [-0.05, 0) is 35.2 Å². The van der Waals surface area contributed by atoms with Gasteiger partial charge in [0.15, 0.2) is 0 Å². The topological polar surface area (TPSA) is 66.8 Å². The van der Waals surface area contributed by atoms with Gasteiger partial charge in [0.1, 0.15) is 12.4 Å². The van der Waals surface area contributed by atoms with Crippen LogP contribution in [0.2, 0.25) is 0 Å². The lowest BCUT2D eigenvalue weighted by atomic mass is 9.95. The van der Waals surface area contributed by atoms with Crippen molar-refractivity contribution in [1.82, 2.24) is 0 Å².